The highest BCUT2D eigenvalue weighted by Gasteiger charge is 2.11. The molecule has 4 nitrogen and oxygen atoms in total. The number of ether oxygens (including phenoxy) is 1. The molecule has 0 saturated carbocycles. The van der Waals surface area contributed by atoms with Gasteiger partial charge in [0, 0.05) is 6.42 Å². The van der Waals surface area contributed by atoms with Gasteiger partial charge < -0.3 is 10.5 Å². The summed E-state index contributed by atoms with van der Waals surface area (Å²) >= 11 is 0. The number of nitrogen functional groups attached to an aromatic ring is 1. The minimum Gasteiger partial charge on any atom is -0.438 e. The Labute approximate surface area is 113 Å². The second kappa shape index (κ2) is 5.26. The van der Waals surface area contributed by atoms with E-state index in [1.54, 1.807) is 0 Å². The van der Waals surface area contributed by atoms with E-state index in [4.69, 9.17) is 10.5 Å². The van der Waals surface area contributed by atoms with E-state index >= 15 is 0 Å². The van der Waals surface area contributed by atoms with Crippen LogP contribution < -0.4 is 10.5 Å². The third kappa shape index (κ3) is 2.84. The summed E-state index contributed by atoms with van der Waals surface area (Å²) in [6.07, 6.45) is 0.730. The van der Waals surface area contributed by atoms with E-state index < -0.39 is 0 Å². The summed E-state index contributed by atoms with van der Waals surface area (Å²) in [5.41, 5.74) is 8.88. The first-order chi connectivity index (χ1) is 9.01. The van der Waals surface area contributed by atoms with E-state index in [1.807, 2.05) is 39.8 Å². The molecule has 0 fully saturated rings. The molecule has 0 aliphatic heterocycles. The summed E-state index contributed by atoms with van der Waals surface area (Å²) < 4.78 is 5.91. The Kier molecular flexibility index (Phi) is 3.69. The highest BCUT2D eigenvalue weighted by Crippen LogP contribution is 2.28. The standard InChI is InChI=1S/C15H19N3O/c1-5-13-17-14(16)11(4)15(18-13)19-12-8-9(2)6-7-10(12)3/h6-8H,5H2,1-4H3,(H2,16,17,18). The highest BCUT2D eigenvalue weighted by molar-refractivity contribution is 5.47. The minimum atomic E-state index is 0.479. The van der Waals surface area contributed by atoms with Gasteiger partial charge in [-0.2, -0.15) is 4.98 Å². The van der Waals surface area contributed by atoms with Gasteiger partial charge in [-0.3, -0.25) is 0 Å². The fraction of sp³-hybridized carbons (Fsp3) is 0.333. The SMILES string of the molecule is CCc1nc(N)c(C)c(Oc2cc(C)ccc2C)n1. The number of benzene rings is 1. The largest absolute Gasteiger partial charge is 0.438 e. The molecule has 4 heteroatoms. The molecule has 0 bridgehead atoms. The van der Waals surface area contributed by atoms with Crippen LogP contribution in [0.5, 0.6) is 11.6 Å². The molecule has 2 N–H and O–H groups in total. The number of rotatable bonds is 3. The molecule has 0 spiro atoms. The molecule has 0 aliphatic carbocycles. The smallest absolute Gasteiger partial charge is 0.227 e. The molecule has 19 heavy (non-hydrogen) atoms. The molecule has 1 aromatic heterocycles. The monoisotopic (exact) mass is 257 g/mol. The Morgan fingerprint density at radius 2 is 1.89 bits per heavy atom. The Morgan fingerprint density at radius 1 is 1.16 bits per heavy atom. The molecule has 100 valence electrons. The van der Waals surface area contributed by atoms with Crippen LogP contribution in [0, 0.1) is 20.8 Å². The predicted molar refractivity (Wildman–Crippen MR) is 76.5 cm³/mol. The van der Waals surface area contributed by atoms with Gasteiger partial charge in [0.2, 0.25) is 5.88 Å². The van der Waals surface area contributed by atoms with Crippen molar-refractivity contribution in [1.82, 2.24) is 9.97 Å². The second-order valence-electron chi connectivity index (χ2n) is 4.68. The topological polar surface area (TPSA) is 61.0 Å². The lowest BCUT2D eigenvalue weighted by molar-refractivity contribution is 0.451. The van der Waals surface area contributed by atoms with Gasteiger partial charge in [-0.1, -0.05) is 19.1 Å². The van der Waals surface area contributed by atoms with Crippen molar-refractivity contribution >= 4 is 5.82 Å². The molecular weight excluding hydrogens is 238 g/mol. The molecule has 0 atom stereocenters. The number of aryl methyl sites for hydroxylation is 3. The molecule has 0 saturated heterocycles. The van der Waals surface area contributed by atoms with Crippen LogP contribution in [-0.4, -0.2) is 9.97 Å². The van der Waals surface area contributed by atoms with Crippen molar-refractivity contribution in [2.75, 3.05) is 5.73 Å². The molecular formula is C15H19N3O. The summed E-state index contributed by atoms with van der Waals surface area (Å²) in [5.74, 6) is 2.52. The molecule has 1 heterocycles. The van der Waals surface area contributed by atoms with Crippen LogP contribution in [0.1, 0.15) is 29.4 Å². The number of anilines is 1. The van der Waals surface area contributed by atoms with Crippen LogP contribution >= 0.6 is 0 Å². The van der Waals surface area contributed by atoms with E-state index in [0.717, 1.165) is 28.9 Å². The lowest BCUT2D eigenvalue weighted by Crippen LogP contribution is -2.04. The van der Waals surface area contributed by atoms with Gasteiger partial charge in [-0.05, 0) is 38.0 Å². The highest BCUT2D eigenvalue weighted by atomic mass is 16.5. The number of hydrogen-bond donors (Lipinski definition) is 1. The van der Waals surface area contributed by atoms with Crippen molar-refractivity contribution in [3.05, 3.63) is 40.7 Å². The van der Waals surface area contributed by atoms with E-state index in [9.17, 15) is 0 Å². The second-order valence-corrected chi connectivity index (χ2v) is 4.68. The Bertz CT molecular complexity index is 609. The lowest BCUT2D eigenvalue weighted by atomic mass is 10.1. The van der Waals surface area contributed by atoms with Crippen molar-refractivity contribution in [1.29, 1.82) is 0 Å². The number of aromatic nitrogens is 2. The van der Waals surface area contributed by atoms with E-state index in [2.05, 4.69) is 16.0 Å². The fourth-order valence-electron chi connectivity index (χ4n) is 1.74. The zero-order valence-electron chi connectivity index (χ0n) is 11.8. The summed E-state index contributed by atoms with van der Waals surface area (Å²) in [6, 6.07) is 6.09. The lowest BCUT2D eigenvalue weighted by Gasteiger charge is -2.12. The van der Waals surface area contributed by atoms with Gasteiger partial charge in [-0.15, -0.1) is 0 Å². The third-order valence-electron chi connectivity index (χ3n) is 3.05. The maximum absolute atomic E-state index is 5.91. The molecule has 1 aromatic carbocycles. The molecule has 2 rings (SSSR count). The van der Waals surface area contributed by atoms with Gasteiger partial charge in [-0.25, -0.2) is 4.98 Å². The number of hydrogen-bond acceptors (Lipinski definition) is 4. The van der Waals surface area contributed by atoms with Gasteiger partial charge >= 0.3 is 0 Å². The normalized spacial score (nSPS) is 10.5. The van der Waals surface area contributed by atoms with Gasteiger partial charge in [0.1, 0.15) is 17.4 Å². The molecule has 0 unspecified atom stereocenters. The van der Waals surface area contributed by atoms with Crippen LogP contribution in [0.25, 0.3) is 0 Å². The van der Waals surface area contributed by atoms with Crippen LogP contribution in [0.3, 0.4) is 0 Å². The Morgan fingerprint density at radius 3 is 2.58 bits per heavy atom. The summed E-state index contributed by atoms with van der Waals surface area (Å²) in [7, 11) is 0. The summed E-state index contributed by atoms with van der Waals surface area (Å²) in [6.45, 7) is 7.90. The Hall–Kier alpha value is -2.10. The van der Waals surface area contributed by atoms with Gasteiger partial charge in [0.25, 0.3) is 0 Å². The third-order valence-corrected chi connectivity index (χ3v) is 3.05. The molecule has 2 aromatic rings. The number of nitrogens with two attached hydrogens (primary N) is 1. The zero-order chi connectivity index (χ0) is 14.0. The van der Waals surface area contributed by atoms with Gasteiger partial charge in [0.05, 0.1) is 5.56 Å². The first-order valence-electron chi connectivity index (χ1n) is 6.39. The zero-order valence-corrected chi connectivity index (χ0v) is 11.8. The molecule has 0 aliphatic rings. The van der Waals surface area contributed by atoms with Gasteiger partial charge in [0.15, 0.2) is 0 Å². The summed E-state index contributed by atoms with van der Waals surface area (Å²) in [4.78, 5) is 8.62. The summed E-state index contributed by atoms with van der Waals surface area (Å²) in [5, 5.41) is 0. The minimum absolute atomic E-state index is 0.479. The van der Waals surface area contributed by atoms with E-state index in [0.29, 0.717) is 17.5 Å². The van der Waals surface area contributed by atoms with Crippen LogP contribution in [0.4, 0.5) is 5.82 Å². The van der Waals surface area contributed by atoms with E-state index in [-0.39, 0.29) is 0 Å². The van der Waals surface area contributed by atoms with Crippen LogP contribution in [-0.2, 0) is 6.42 Å². The predicted octanol–water partition coefficient (Wildman–Crippen LogP) is 3.34. The number of nitrogens with zero attached hydrogens (tertiary/aromatic N) is 2. The quantitative estimate of drug-likeness (QED) is 0.916. The maximum atomic E-state index is 5.91. The van der Waals surface area contributed by atoms with Crippen molar-refractivity contribution in [2.24, 2.45) is 0 Å². The fourth-order valence-corrected chi connectivity index (χ4v) is 1.74. The average Bonchev–Trinajstić information content (AvgIpc) is 2.38. The Balaban J connectivity index is 2.42. The molecule has 0 radical (unpaired) electrons. The van der Waals surface area contributed by atoms with E-state index in [1.165, 1.54) is 0 Å². The van der Waals surface area contributed by atoms with Crippen LogP contribution in [0.2, 0.25) is 0 Å². The van der Waals surface area contributed by atoms with Crippen molar-refractivity contribution < 1.29 is 4.74 Å². The van der Waals surface area contributed by atoms with Crippen molar-refractivity contribution in [3.8, 4) is 11.6 Å². The maximum Gasteiger partial charge on any atom is 0.227 e. The first-order valence-corrected chi connectivity index (χ1v) is 6.39. The van der Waals surface area contributed by atoms with Crippen molar-refractivity contribution in [2.45, 2.75) is 34.1 Å². The van der Waals surface area contributed by atoms with Crippen molar-refractivity contribution in [3.63, 3.8) is 0 Å². The molecule has 0 amide bonds. The van der Waals surface area contributed by atoms with Crippen LogP contribution in [0.15, 0.2) is 18.2 Å². The average molecular weight is 257 g/mol. The first kappa shape index (κ1) is 13.3.